The Morgan fingerprint density at radius 3 is 2.62 bits per heavy atom. The minimum Gasteiger partial charge on any atom is -0.481 e. The number of rotatable bonds is 6. The second-order valence-electron chi connectivity index (χ2n) is 6.03. The van der Waals surface area contributed by atoms with Gasteiger partial charge in [-0.3, -0.25) is 4.79 Å². The Kier molecular flexibility index (Phi) is 7.00. The highest BCUT2D eigenvalue weighted by atomic mass is 16.4. The Balaban J connectivity index is 2.65. The molecule has 0 aromatic rings. The van der Waals surface area contributed by atoms with E-state index in [1.54, 1.807) is 4.90 Å². The molecule has 0 aliphatic heterocycles. The largest absolute Gasteiger partial charge is 0.481 e. The van der Waals surface area contributed by atoms with Crippen molar-refractivity contribution >= 4 is 12.0 Å². The van der Waals surface area contributed by atoms with E-state index in [4.69, 9.17) is 5.26 Å². The first-order valence-electron chi connectivity index (χ1n) is 7.61. The molecule has 0 radical (unpaired) electrons. The molecule has 0 aromatic carbocycles. The van der Waals surface area contributed by atoms with E-state index in [0.717, 1.165) is 12.8 Å². The van der Waals surface area contributed by atoms with Gasteiger partial charge in [0.1, 0.15) is 0 Å². The number of nitrogens with zero attached hydrogens (tertiary/aromatic N) is 2. The van der Waals surface area contributed by atoms with Crippen LogP contribution in [0.2, 0.25) is 0 Å². The number of nitrogens with one attached hydrogen (secondary N) is 1. The van der Waals surface area contributed by atoms with Gasteiger partial charge in [0, 0.05) is 19.1 Å². The number of nitriles is 1. The number of carboxylic acid groups (broad SMARTS) is 1. The summed E-state index contributed by atoms with van der Waals surface area (Å²) in [7, 11) is 0. The molecule has 2 unspecified atom stereocenters. The molecule has 2 amide bonds. The standard InChI is InChI=1S/C15H25N3O3/c1-11(2)10-18(9-5-8-16)15(21)17-13-7-4-3-6-12(13)14(19)20/h11-13H,3-7,9-10H2,1-2H3,(H,17,21)(H,19,20). The maximum absolute atomic E-state index is 12.3. The third-order valence-corrected chi connectivity index (χ3v) is 3.76. The lowest BCUT2D eigenvalue weighted by molar-refractivity contribution is -0.143. The summed E-state index contributed by atoms with van der Waals surface area (Å²) < 4.78 is 0. The third-order valence-electron chi connectivity index (χ3n) is 3.76. The molecule has 0 saturated heterocycles. The van der Waals surface area contributed by atoms with Crippen LogP contribution in [0.15, 0.2) is 0 Å². The van der Waals surface area contributed by atoms with Crippen LogP contribution < -0.4 is 5.32 Å². The fourth-order valence-corrected chi connectivity index (χ4v) is 2.75. The number of carbonyl (C=O) groups excluding carboxylic acids is 1. The molecule has 1 fully saturated rings. The fourth-order valence-electron chi connectivity index (χ4n) is 2.75. The monoisotopic (exact) mass is 295 g/mol. The van der Waals surface area contributed by atoms with E-state index in [2.05, 4.69) is 5.32 Å². The molecule has 2 atom stereocenters. The Morgan fingerprint density at radius 1 is 1.38 bits per heavy atom. The molecule has 1 rings (SSSR count). The van der Waals surface area contributed by atoms with E-state index in [1.807, 2.05) is 19.9 Å². The van der Waals surface area contributed by atoms with Crippen LogP contribution in [-0.4, -0.2) is 41.1 Å². The van der Waals surface area contributed by atoms with Gasteiger partial charge < -0.3 is 15.3 Å². The first-order chi connectivity index (χ1) is 9.95. The Labute approximate surface area is 126 Å². The lowest BCUT2D eigenvalue weighted by Crippen LogP contribution is -2.51. The SMILES string of the molecule is CC(C)CN(CCC#N)C(=O)NC1CCCCC1C(=O)O. The number of amides is 2. The summed E-state index contributed by atoms with van der Waals surface area (Å²) in [6.07, 6.45) is 3.44. The van der Waals surface area contributed by atoms with Gasteiger partial charge in [-0.2, -0.15) is 5.26 Å². The van der Waals surface area contributed by atoms with Gasteiger partial charge in [0.25, 0.3) is 0 Å². The molecular weight excluding hydrogens is 270 g/mol. The van der Waals surface area contributed by atoms with Gasteiger partial charge in [0.2, 0.25) is 0 Å². The summed E-state index contributed by atoms with van der Waals surface area (Å²) in [5.41, 5.74) is 0. The summed E-state index contributed by atoms with van der Waals surface area (Å²) in [5, 5.41) is 20.8. The number of urea groups is 1. The van der Waals surface area contributed by atoms with Crippen LogP contribution in [0.1, 0.15) is 46.0 Å². The van der Waals surface area contributed by atoms with Crippen molar-refractivity contribution in [3.8, 4) is 6.07 Å². The highest BCUT2D eigenvalue weighted by Gasteiger charge is 2.32. The Bertz CT molecular complexity index is 403. The van der Waals surface area contributed by atoms with Gasteiger partial charge in [0.05, 0.1) is 18.4 Å². The third kappa shape index (κ3) is 5.62. The van der Waals surface area contributed by atoms with E-state index >= 15 is 0 Å². The van der Waals surface area contributed by atoms with Crippen LogP contribution in [0.25, 0.3) is 0 Å². The van der Waals surface area contributed by atoms with Crippen LogP contribution >= 0.6 is 0 Å². The minimum absolute atomic E-state index is 0.253. The average molecular weight is 295 g/mol. The molecular formula is C15H25N3O3. The Hall–Kier alpha value is -1.77. The van der Waals surface area contributed by atoms with Crippen LogP contribution in [0.3, 0.4) is 0 Å². The second-order valence-corrected chi connectivity index (χ2v) is 6.03. The smallest absolute Gasteiger partial charge is 0.317 e. The van der Waals surface area contributed by atoms with E-state index < -0.39 is 11.9 Å². The van der Waals surface area contributed by atoms with Crippen molar-refractivity contribution in [2.45, 2.75) is 52.0 Å². The van der Waals surface area contributed by atoms with Gasteiger partial charge in [-0.1, -0.05) is 26.7 Å². The predicted molar refractivity (Wildman–Crippen MR) is 78.6 cm³/mol. The van der Waals surface area contributed by atoms with Crippen molar-refractivity contribution in [1.29, 1.82) is 5.26 Å². The Morgan fingerprint density at radius 2 is 2.05 bits per heavy atom. The van der Waals surface area contributed by atoms with Gasteiger partial charge >= 0.3 is 12.0 Å². The molecule has 118 valence electrons. The van der Waals surface area contributed by atoms with E-state index in [9.17, 15) is 14.7 Å². The van der Waals surface area contributed by atoms with Crippen molar-refractivity contribution in [3.05, 3.63) is 0 Å². The average Bonchev–Trinajstić information content (AvgIpc) is 2.43. The zero-order valence-electron chi connectivity index (χ0n) is 12.8. The van der Waals surface area contributed by atoms with Gasteiger partial charge in [-0.05, 0) is 18.8 Å². The topological polar surface area (TPSA) is 93.4 Å². The maximum Gasteiger partial charge on any atom is 0.317 e. The molecule has 0 aromatic heterocycles. The summed E-state index contributed by atoms with van der Waals surface area (Å²) in [4.78, 5) is 25.2. The highest BCUT2D eigenvalue weighted by Crippen LogP contribution is 2.24. The summed E-state index contributed by atoms with van der Waals surface area (Å²) in [6.45, 7) is 4.96. The quantitative estimate of drug-likeness (QED) is 0.785. The number of carboxylic acids is 1. The molecule has 6 heteroatoms. The second kappa shape index (κ2) is 8.50. The highest BCUT2D eigenvalue weighted by molar-refractivity contribution is 5.77. The van der Waals surface area contributed by atoms with Crippen LogP contribution in [0.5, 0.6) is 0 Å². The summed E-state index contributed by atoms with van der Waals surface area (Å²) in [6, 6.07) is 1.48. The predicted octanol–water partition coefficient (Wildman–Crippen LogP) is 2.21. The molecule has 1 aliphatic carbocycles. The van der Waals surface area contributed by atoms with Crippen molar-refractivity contribution < 1.29 is 14.7 Å². The van der Waals surface area contributed by atoms with Crippen molar-refractivity contribution in [2.75, 3.05) is 13.1 Å². The first kappa shape index (κ1) is 17.3. The maximum atomic E-state index is 12.3. The minimum atomic E-state index is -0.840. The van der Waals surface area contributed by atoms with Crippen LogP contribution in [-0.2, 0) is 4.79 Å². The molecule has 1 saturated carbocycles. The number of carbonyl (C=O) groups is 2. The summed E-state index contributed by atoms with van der Waals surface area (Å²) in [5.74, 6) is -1.04. The van der Waals surface area contributed by atoms with E-state index in [-0.39, 0.29) is 18.5 Å². The first-order valence-corrected chi connectivity index (χ1v) is 7.61. The molecule has 6 nitrogen and oxygen atoms in total. The number of hydrogen-bond donors (Lipinski definition) is 2. The molecule has 0 bridgehead atoms. The van der Waals surface area contributed by atoms with Gasteiger partial charge in [-0.25, -0.2) is 4.79 Å². The zero-order valence-corrected chi connectivity index (χ0v) is 12.8. The molecule has 1 aliphatic rings. The molecule has 0 heterocycles. The lowest BCUT2D eigenvalue weighted by Gasteiger charge is -2.32. The van der Waals surface area contributed by atoms with E-state index in [1.165, 1.54) is 0 Å². The number of hydrogen-bond acceptors (Lipinski definition) is 3. The van der Waals surface area contributed by atoms with Crippen molar-refractivity contribution in [2.24, 2.45) is 11.8 Å². The fraction of sp³-hybridized carbons (Fsp3) is 0.800. The zero-order chi connectivity index (χ0) is 15.8. The van der Waals surface area contributed by atoms with Crippen LogP contribution in [0, 0.1) is 23.2 Å². The van der Waals surface area contributed by atoms with Gasteiger partial charge in [-0.15, -0.1) is 0 Å². The normalized spacial score (nSPS) is 21.6. The van der Waals surface area contributed by atoms with Crippen molar-refractivity contribution in [3.63, 3.8) is 0 Å². The van der Waals surface area contributed by atoms with Crippen LogP contribution in [0.4, 0.5) is 4.79 Å². The van der Waals surface area contributed by atoms with E-state index in [0.29, 0.717) is 31.8 Å². The summed E-state index contributed by atoms with van der Waals surface area (Å²) >= 11 is 0. The van der Waals surface area contributed by atoms with Crippen molar-refractivity contribution in [1.82, 2.24) is 10.2 Å². The number of aliphatic carboxylic acids is 1. The molecule has 21 heavy (non-hydrogen) atoms. The van der Waals surface area contributed by atoms with Gasteiger partial charge in [0.15, 0.2) is 0 Å². The molecule has 0 spiro atoms. The molecule has 2 N–H and O–H groups in total. The lowest BCUT2D eigenvalue weighted by atomic mass is 9.84.